The molecule has 0 aliphatic heterocycles. The van der Waals surface area contributed by atoms with Crippen LogP contribution in [0.5, 0.6) is 5.75 Å². The van der Waals surface area contributed by atoms with Crippen molar-refractivity contribution in [2.24, 2.45) is 0 Å². The van der Waals surface area contributed by atoms with Crippen molar-refractivity contribution in [2.75, 3.05) is 11.9 Å². The number of aromatic nitrogens is 1. The Hall–Kier alpha value is -3.68. The number of rotatable bonds is 8. The molecule has 2 aromatic carbocycles. The summed E-state index contributed by atoms with van der Waals surface area (Å²) in [6, 6.07) is 13.6. The van der Waals surface area contributed by atoms with E-state index in [1.54, 1.807) is 24.3 Å². The average molecular weight is 397 g/mol. The molecule has 150 valence electrons. The van der Waals surface area contributed by atoms with Crippen molar-refractivity contribution >= 4 is 17.5 Å². The Bertz CT molecular complexity index is 968. The van der Waals surface area contributed by atoms with Gasteiger partial charge in [0.1, 0.15) is 18.2 Å². The standard InChI is InChI=1S/C21H20FN3O4/c1-2-11-23-21(27)19-12-18(29-25-19)13-28-17-9-7-16(8-10-17)24-20(26)14-3-5-15(22)6-4-14/h3-10,12H,2,11,13H2,1H3,(H,23,27)(H,24,26). The summed E-state index contributed by atoms with van der Waals surface area (Å²) in [6.07, 6.45) is 0.833. The van der Waals surface area contributed by atoms with E-state index in [4.69, 9.17) is 9.26 Å². The minimum Gasteiger partial charge on any atom is -0.486 e. The van der Waals surface area contributed by atoms with Crippen molar-refractivity contribution in [3.63, 3.8) is 0 Å². The fourth-order valence-electron chi connectivity index (χ4n) is 2.41. The zero-order chi connectivity index (χ0) is 20.6. The van der Waals surface area contributed by atoms with Crippen LogP contribution < -0.4 is 15.4 Å². The van der Waals surface area contributed by atoms with Gasteiger partial charge in [-0.05, 0) is 55.0 Å². The van der Waals surface area contributed by atoms with E-state index < -0.39 is 5.82 Å². The van der Waals surface area contributed by atoms with E-state index in [2.05, 4.69) is 15.8 Å². The number of halogens is 1. The first-order valence-electron chi connectivity index (χ1n) is 9.08. The molecule has 0 atom stereocenters. The van der Waals surface area contributed by atoms with Gasteiger partial charge >= 0.3 is 0 Å². The highest BCUT2D eigenvalue weighted by molar-refractivity contribution is 6.04. The molecule has 3 rings (SSSR count). The van der Waals surface area contributed by atoms with Gasteiger partial charge in [-0.1, -0.05) is 12.1 Å². The van der Waals surface area contributed by atoms with Gasteiger partial charge in [-0.3, -0.25) is 9.59 Å². The van der Waals surface area contributed by atoms with Gasteiger partial charge < -0.3 is 19.9 Å². The van der Waals surface area contributed by atoms with Gasteiger partial charge in [-0.2, -0.15) is 0 Å². The van der Waals surface area contributed by atoms with Crippen LogP contribution in [-0.4, -0.2) is 23.5 Å². The largest absolute Gasteiger partial charge is 0.486 e. The molecule has 0 spiro atoms. The molecule has 7 nitrogen and oxygen atoms in total. The Morgan fingerprint density at radius 1 is 1.07 bits per heavy atom. The van der Waals surface area contributed by atoms with Crippen LogP contribution in [0, 0.1) is 5.82 Å². The van der Waals surface area contributed by atoms with Gasteiger partial charge in [-0.25, -0.2) is 4.39 Å². The maximum atomic E-state index is 12.9. The van der Waals surface area contributed by atoms with E-state index in [1.165, 1.54) is 30.3 Å². The number of benzene rings is 2. The number of hydrogen-bond acceptors (Lipinski definition) is 5. The third-order valence-electron chi connectivity index (χ3n) is 3.93. The number of nitrogens with one attached hydrogen (secondary N) is 2. The van der Waals surface area contributed by atoms with Crippen molar-refractivity contribution in [1.82, 2.24) is 10.5 Å². The van der Waals surface area contributed by atoms with Crippen LogP contribution >= 0.6 is 0 Å². The summed E-state index contributed by atoms with van der Waals surface area (Å²) in [4.78, 5) is 23.9. The number of amides is 2. The van der Waals surface area contributed by atoms with E-state index in [0.29, 0.717) is 29.3 Å². The minimum atomic E-state index is -0.400. The number of ether oxygens (including phenoxy) is 1. The Balaban J connectivity index is 1.52. The monoisotopic (exact) mass is 397 g/mol. The van der Waals surface area contributed by atoms with Crippen LogP contribution in [0.25, 0.3) is 0 Å². The van der Waals surface area contributed by atoms with Crippen molar-refractivity contribution in [1.29, 1.82) is 0 Å². The lowest BCUT2D eigenvalue weighted by Gasteiger charge is -2.07. The molecule has 0 fully saturated rings. The molecule has 8 heteroatoms. The van der Waals surface area contributed by atoms with E-state index >= 15 is 0 Å². The molecule has 3 aromatic rings. The Kier molecular flexibility index (Phi) is 6.57. The Labute approximate surface area is 166 Å². The van der Waals surface area contributed by atoms with Gasteiger partial charge in [0.25, 0.3) is 11.8 Å². The van der Waals surface area contributed by atoms with Crippen molar-refractivity contribution in [2.45, 2.75) is 20.0 Å². The fraction of sp³-hybridized carbons (Fsp3) is 0.190. The number of nitrogens with zero attached hydrogens (tertiary/aromatic N) is 1. The molecule has 0 aliphatic rings. The molecular weight excluding hydrogens is 377 g/mol. The normalized spacial score (nSPS) is 10.4. The second kappa shape index (κ2) is 9.50. The summed E-state index contributed by atoms with van der Waals surface area (Å²) in [6.45, 7) is 2.64. The SMILES string of the molecule is CCCNC(=O)c1cc(COc2ccc(NC(=O)c3ccc(F)cc3)cc2)on1. The van der Waals surface area contributed by atoms with E-state index in [1.807, 2.05) is 6.92 Å². The predicted octanol–water partition coefficient (Wildman–Crippen LogP) is 3.78. The summed E-state index contributed by atoms with van der Waals surface area (Å²) in [5.74, 6) is -0.0562. The summed E-state index contributed by atoms with van der Waals surface area (Å²) in [7, 11) is 0. The van der Waals surface area contributed by atoms with Crippen LogP contribution in [0.3, 0.4) is 0 Å². The van der Waals surface area contributed by atoms with Crippen LogP contribution in [0.15, 0.2) is 59.1 Å². The third kappa shape index (κ3) is 5.65. The van der Waals surface area contributed by atoms with Crippen molar-refractivity contribution in [3.8, 4) is 5.75 Å². The smallest absolute Gasteiger partial charge is 0.273 e. The van der Waals surface area contributed by atoms with Crippen molar-refractivity contribution in [3.05, 3.63) is 77.4 Å². The van der Waals surface area contributed by atoms with E-state index in [0.717, 1.165) is 6.42 Å². The Morgan fingerprint density at radius 2 is 1.79 bits per heavy atom. The summed E-state index contributed by atoms with van der Waals surface area (Å²) in [5.41, 5.74) is 1.13. The van der Waals surface area contributed by atoms with Crippen LogP contribution in [0.4, 0.5) is 10.1 Å². The molecule has 29 heavy (non-hydrogen) atoms. The van der Waals surface area contributed by atoms with Gasteiger partial charge in [0, 0.05) is 23.9 Å². The number of carbonyl (C=O) groups excluding carboxylic acids is 2. The fourth-order valence-corrected chi connectivity index (χ4v) is 2.41. The van der Waals surface area contributed by atoms with Gasteiger partial charge in [0.2, 0.25) is 0 Å². The lowest BCUT2D eigenvalue weighted by atomic mass is 10.2. The number of carbonyl (C=O) groups is 2. The molecule has 0 radical (unpaired) electrons. The second-order valence-electron chi connectivity index (χ2n) is 6.21. The van der Waals surface area contributed by atoms with Crippen molar-refractivity contribution < 1.29 is 23.2 Å². The summed E-state index contributed by atoms with van der Waals surface area (Å²) in [5, 5.41) is 9.16. The maximum absolute atomic E-state index is 12.9. The summed E-state index contributed by atoms with van der Waals surface area (Å²) >= 11 is 0. The van der Waals surface area contributed by atoms with E-state index in [9.17, 15) is 14.0 Å². The average Bonchev–Trinajstić information content (AvgIpc) is 3.21. The number of anilines is 1. The van der Waals surface area contributed by atoms with Gasteiger partial charge in [0.05, 0.1) is 0 Å². The third-order valence-corrected chi connectivity index (χ3v) is 3.93. The molecule has 0 bridgehead atoms. The number of hydrogen-bond donors (Lipinski definition) is 2. The molecule has 2 N–H and O–H groups in total. The zero-order valence-corrected chi connectivity index (χ0v) is 15.8. The van der Waals surface area contributed by atoms with E-state index in [-0.39, 0.29) is 24.1 Å². The molecule has 1 aromatic heterocycles. The predicted molar refractivity (Wildman–Crippen MR) is 104 cm³/mol. The second-order valence-corrected chi connectivity index (χ2v) is 6.21. The van der Waals surface area contributed by atoms with Gasteiger partial charge in [-0.15, -0.1) is 0 Å². The highest BCUT2D eigenvalue weighted by atomic mass is 19.1. The maximum Gasteiger partial charge on any atom is 0.273 e. The highest BCUT2D eigenvalue weighted by Gasteiger charge is 2.12. The molecule has 1 heterocycles. The Morgan fingerprint density at radius 3 is 2.48 bits per heavy atom. The molecule has 0 aliphatic carbocycles. The zero-order valence-electron chi connectivity index (χ0n) is 15.8. The molecule has 0 unspecified atom stereocenters. The molecule has 0 saturated carbocycles. The first-order valence-corrected chi connectivity index (χ1v) is 9.08. The topological polar surface area (TPSA) is 93.5 Å². The molecule has 2 amide bonds. The van der Waals surface area contributed by atoms with Crippen LogP contribution in [0.1, 0.15) is 40.0 Å². The van der Waals surface area contributed by atoms with Crippen LogP contribution in [-0.2, 0) is 6.61 Å². The first kappa shape index (κ1) is 20.1. The van der Waals surface area contributed by atoms with Crippen LogP contribution in [0.2, 0.25) is 0 Å². The molecule has 0 saturated heterocycles. The first-order chi connectivity index (χ1) is 14.0. The lowest BCUT2D eigenvalue weighted by Crippen LogP contribution is -2.24. The van der Waals surface area contributed by atoms with Gasteiger partial charge in [0.15, 0.2) is 11.5 Å². The molecular formula is C21H20FN3O4. The summed E-state index contributed by atoms with van der Waals surface area (Å²) < 4.78 is 23.6. The lowest BCUT2D eigenvalue weighted by molar-refractivity contribution is 0.0943. The quantitative estimate of drug-likeness (QED) is 0.603. The minimum absolute atomic E-state index is 0.106. The highest BCUT2D eigenvalue weighted by Crippen LogP contribution is 2.18.